The molecule has 0 aliphatic rings. The Balaban J connectivity index is 1.51. The van der Waals surface area contributed by atoms with Crippen LogP contribution in [0, 0.1) is 18.6 Å². The van der Waals surface area contributed by atoms with E-state index in [1.54, 1.807) is 24.3 Å². The SMILES string of the molecule is Cc1c(OCC(F)(F)F)ccnc1CS(=O)c1nc2ccccc2n1C(=O)N(C)CCOC(=O)c1ccc(F)c(F)c1. The Hall–Kier alpha value is -4.40. The molecule has 0 aliphatic carbocycles. The van der Waals surface area contributed by atoms with Crippen molar-refractivity contribution >= 4 is 33.8 Å². The molecule has 0 fully saturated rings. The first-order chi connectivity index (χ1) is 19.9. The minimum absolute atomic E-state index is 0.0726. The van der Waals surface area contributed by atoms with Gasteiger partial charge in [-0.1, -0.05) is 12.1 Å². The molecule has 0 saturated heterocycles. The van der Waals surface area contributed by atoms with Gasteiger partial charge in [0.05, 0.1) is 45.4 Å². The molecular weight excluding hydrogens is 587 g/mol. The summed E-state index contributed by atoms with van der Waals surface area (Å²) < 4.78 is 89.0. The lowest BCUT2D eigenvalue weighted by Gasteiger charge is -2.19. The lowest BCUT2D eigenvalue weighted by molar-refractivity contribution is -0.153. The van der Waals surface area contributed by atoms with Crippen LogP contribution in [0.1, 0.15) is 21.6 Å². The fourth-order valence-corrected chi connectivity index (χ4v) is 5.05. The number of hydrogen-bond acceptors (Lipinski definition) is 7. The molecule has 4 aromatic rings. The molecule has 0 aliphatic heterocycles. The highest BCUT2D eigenvalue weighted by Gasteiger charge is 2.29. The number of aromatic nitrogens is 3. The number of carbonyl (C=O) groups excluding carboxylic acids is 2. The fraction of sp³-hybridized carbons (Fsp3) is 0.259. The Morgan fingerprint density at radius 3 is 2.52 bits per heavy atom. The van der Waals surface area contributed by atoms with Gasteiger partial charge in [-0.15, -0.1) is 0 Å². The lowest BCUT2D eigenvalue weighted by Crippen LogP contribution is -2.35. The predicted octanol–water partition coefficient (Wildman–Crippen LogP) is 5.02. The molecule has 2 aromatic carbocycles. The van der Waals surface area contributed by atoms with Crippen molar-refractivity contribution in [2.24, 2.45) is 0 Å². The molecule has 0 N–H and O–H groups in total. The van der Waals surface area contributed by atoms with Crippen LogP contribution in [0.3, 0.4) is 0 Å². The molecule has 0 spiro atoms. The van der Waals surface area contributed by atoms with Crippen LogP contribution >= 0.6 is 0 Å². The molecular formula is C27H23F5N4O5S. The van der Waals surface area contributed by atoms with Gasteiger partial charge in [-0.3, -0.25) is 9.19 Å². The number of imidazole rings is 1. The van der Waals surface area contributed by atoms with E-state index in [4.69, 9.17) is 9.47 Å². The van der Waals surface area contributed by atoms with Crippen molar-refractivity contribution in [2.75, 3.05) is 26.8 Å². The largest absolute Gasteiger partial charge is 0.484 e. The molecule has 1 atom stereocenters. The van der Waals surface area contributed by atoms with Crippen LogP contribution in [0.25, 0.3) is 11.0 Å². The Bertz CT molecular complexity index is 1660. The number of hydrogen-bond donors (Lipinski definition) is 0. The monoisotopic (exact) mass is 610 g/mol. The van der Waals surface area contributed by atoms with Gasteiger partial charge in [0.1, 0.15) is 12.4 Å². The predicted molar refractivity (Wildman–Crippen MR) is 140 cm³/mol. The maximum Gasteiger partial charge on any atom is 0.422 e. The summed E-state index contributed by atoms with van der Waals surface area (Å²) in [6, 6.07) is 9.66. The molecule has 2 aromatic heterocycles. The van der Waals surface area contributed by atoms with Gasteiger partial charge in [0.15, 0.2) is 18.2 Å². The fourth-order valence-electron chi connectivity index (χ4n) is 3.80. The molecule has 4 rings (SSSR count). The van der Waals surface area contributed by atoms with Crippen LogP contribution in [0.2, 0.25) is 0 Å². The normalized spacial score (nSPS) is 12.3. The number of benzene rings is 2. The Morgan fingerprint density at radius 1 is 1.07 bits per heavy atom. The zero-order valence-corrected chi connectivity index (χ0v) is 23.0. The minimum Gasteiger partial charge on any atom is -0.484 e. The first-order valence-corrected chi connectivity index (χ1v) is 13.5. The van der Waals surface area contributed by atoms with E-state index >= 15 is 0 Å². The summed E-state index contributed by atoms with van der Waals surface area (Å²) >= 11 is 0. The van der Waals surface area contributed by atoms with Crippen molar-refractivity contribution < 1.29 is 45.2 Å². The summed E-state index contributed by atoms with van der Waals surface area (Å²) in [6.07, 6.45) is -3.32. The second-order valence-corrected chi connectivity index (χ2v) is 10.3. The molecule has 42 heavy (non-hydrogen) atoms. The average molecular weight is 611 g/mol. The standard InChI is InChI=1S/C27H23F5N4O5S/c1-16-21(33-10-9-23(16)41-15-27(30,31)32)14-42(39)25-34-20-5-3-4-6-22(20)36(25)26(38)35(2)11-12-40-24(37)17-7-8-18(28)19(29)13-17/h3-10,13H,11-12,14-15H2,1-2H3. The third-order valence-electron chi connectivity index (χ3n) is 5.98. The number of carbonyl (C=O) groups is 2. The zero-order chi connectivity index (χ0) is 30.6. The summed E-state index contributed by atoms with van der Waals surface area (Å²) in [5.41, 5.74) is 0.932. The van der Waals surface area contributed by atoms with Crippen LogP contribution in [0.4, 0.5) is 26.7 Å². The van der Waals surface area contributed by atoms with Gasteiger partial charge < -0.3 is 14.4 Å². The molecule has 1 amide bonds. The van der Waals surface area contributed by atoms with Crippen molar-refractivity contribution in [3.63, 3.8) is 0 Å². The molecule has 15 heteroatoms. The van der Waals surface area contributed by atoms with E-state index in [-0.39, 0.29) is 46.6 Å². The highest BCUT2D eigenvalue weighted by Crippen LogP contribution is 2.26. The van der Waals surface area contributed by atoms with Gasteiger partial charge in [-0.25, -0.2) is 27.9 Å². The number of nitrogens with zero attached hydrogens (tertiary/aromatic N) is 4. The molecule has 9 nitrogen and oxygen atoms in total. The van der Waals surface area contributed by atoms with E-state index in [1.807, 2.05) is 0 Å². The van der Waals surface area contributed by atoms with Gasteiger partial charge >= 0.3 is 18.2 Å². The third kappa shape index (κ3) is 7.08. The van der Waals surface area contributed by atoms with Crippen molar-refractivity contribution in [3.8, 4) is 5.75 Å². The Kier molecular flexibility index (Phi) is 9.19. The summed E-state index contributed by atoms with van der Waals surface area (Å²) in [6.45, 7) is -0.438. The van der Waals surface area contributed by atoms with Gasteiger partial charge in [0.25, 0.3) is 0 Å². The highest BCUT2D eigenvalue weighted by molar-refractivity contribution is 7.84. The van der Waals surface area contributed by atoms with E-state index in [0.29, 0.717) is 17.1 Å². The van der Waals surface area contributed by atoms with Gasteiger partial charge in [0, 0.05) is 18.8 Å². The quantitative estimate of drug-likeness (QED) is 0.194. The summed E-state index contributed by atoms with van der Waals surface area (Å²) in [7, 11) is -0.580. The van der Waals surface area contributed by atoms with Gasteiger partial charge in [-0.05, 0) is 43.3 Å². The van der Waals surface area contributed by atoms with E-state index in [0.717, 1.165) is 16.7 Å². The molecule has 2 heterocycles. The van der Waals surface area contributed by atoms with Crippen LogP contribution < -0.4 is 4.74 Å². The zero-order valence-electron chi connectivity index (χ0n) is 22.2. The molecule has 0 radical (unpaired) electrons. The maximum absolute atomic E-state index is 13.5. The number of amides is 1. The van der Waals surface area contributed by atoms with Gasteiger partial charge in [-0.2, -0.15) is 13.2 Å². The number of esters is 1. The number of halogens is 5. The summed E-state index contributed by atoms with van der Waals surface area (Å²) in [5, 5.41) is -0.130. The number of para-hydroxylation sites is 2. The maximum atomic E-state index is 13.5. The Labute approximate surface area is 238 Å². The highest BCUT2D eigenvalue weighted by atomic mass is 32.2. The van der Waals surface area contributed by atoms with Crippen molar-refractivity contribution in [1.29, 1.82) is 0 Å². The number of ether oxygens (including phenoxy) is 2. The van der Waals surface area contributed by atoms with Crippen LogP contribution in [0.15, 0.2) is 59.9 Å². The molecule has 0 bridgehead atoms. The van der Waals surface area contributed by atoms with Crippen molar-refractivity contribution in [1.82, 2.24) is 19.4 Å². The van der Waals surface area contributed by atoms with Crippen LogP contribution in [-0.4, -0.2) is 68.6 Å². The molecule has 0 saturated carbocycles. The van der Waals surface area contributed by atoms with Crippen molar-refractivity contribution in [3.05, 3.63) is 83.2 Å². The lowest BCUT2D eigenvalue weighted by atomic mass is 10.2. The summed E-state index contributed by atoms with van der Waals surface area (Å²) in [5.74, 6) is -3.60. The number of likely N-dealkylation sites (N-methyl/N-ethyl adjacent to an activating group) is 1. The number of fused-ring (bicyclic) bond motifs is 1. The van der Waals surface area contributed by atoms with E-state index in [2.05, 4.69) is 9.97 Å². The minimum atomic E-state index is -4.55. The number of alkyl halides is 3. The Morgan fingerprint density at radius 2 is 1.81 bits per heavy atom. The second kappa shape index (κ2) is 12.6. The first kappa shape index (κ1) is 30.6. The second-order valence-electron chi connectivity index (χ2n) is 8.96. The average Bonchev–Trinajstić information content (AvgIpc) is 3.33. The number of pyridine rings is 1. The van der Waals surface area contributed by atoms with Crippen LogP contribution in [0.5, 0.6) is 5.75 Å². The molecule has 1 unspecified atom stereocenters. The third-order valence-corrected chi connectivity index (χ3v) is 7.20. The van der Waals surface area contributed by atoms with E-state index < -0.39 is 47.2 Å². The topological polar surface area (TPSA) is 104 Å². The first-order valence-electron chi connectivity index (χ1n) is 12.2. The van der Waals surface area contributed by atoms with Crippen LogP contribution in [-0.2, 0) is 21.3 Å². The van der Waals surface area contributed by atoms with Crippen molar-refractivity contribution in [2.45, 2.75) is 24.0 Å². The number of rotatable bonds is 9. The van der Waals surface area contributed by atoms with E-state index in [9.17, 15) is 35.8 Å². The van der Waals surface area contributed by atoms with Gasteiger partial charge in [0.2, 0.25) is 5.16 Å². The van der Waals surface area contributed by atoms with E-state index in [1.165, 1.54) is 31.1 Å². The summed E-state index contributed by atoms with van der Waals surface area (Å²) in [4.78, 5) is 35.3. The smallest absolute Gasteiger partial charge is 0.422 e. The molecule has 222 valence electrons.